The Balaban J connectivity index is 0.00000348. The minimum Gasteiger partial charge on any atom is -0.456 e. The van der Waals surface area contributed by atoms with Crippen molar-refractivity contribution >= 4 is 55.7 Å². The van der Waals surface area contributed by atoms with Crippen LogP contribution in [0.1, 0.15) is 5.56 Å². The first kappa shape index (κ1) is 31.1. The zero-order valence-electron chi connectivity index (χ0n) is 26.6. The van der Waals surface area contributed by atoms with E-state index in [0.717, 1.165) is 38.2 Å². The molecule has 2 aliphatic heterocycles. The first-order chi connectivity index (χ1) is 24.6. The maximum atomic E-state index is 9.47. The van der Waals surface area contributed by atoms with Crippen molar-refractivity contribution in [1.82, 2.24) is 39.9 Å². The number of aromatic nitrogens is 8. The van der Waals surface area contributed by atoms with Crippen molar-refractivity contribution in [1.29, 1.82) is 0 Å². The third-order valence-corrected chi connectivity index (χ3v) is 9.10. The summed E-state index contributed by atoms with van der Waals surface area (Å²) in [6.07, 6.45) is 0. The Hall–Kier alpha value is -5.87. The topological polar surface area (TPSA) is 135 Å². The molecule has 10 nitrogen and oxygen atoms in total. The fourth-order valence-electron chi connectivity index (χ4n) is 6.38. The fourth-order valence-corrected chi connectivity index (χ4v) is 6.58. The molecule has 3 aromatic heterocycles. The van der Waals surface area contributed by atoms with Crippen molar-refractivity contribution < 1.29 is 29.3 Å². The van der Waals surface area contributed by atoms with E-state index in [-0.39, 0.29) is 26.1 Å². The molecule has 51 heavy (non-hydrogen) atoms. The Morgan fingerprint density at radius 1 is 0.510 bits per heavy atom. The van der Waals surface area contributed by atoms with Gasteiger partial charge in [-0.25, -0.2) is 9.97 Å². The van der Waals surface area contributed by atoms with Crippen LogP contribution in [-0.4, -0.2) is 35.0 Å². The molecular formula is C39H21ClN8O2Zn. The van der Waals surface area contributed by atoms with Crippen molar-refractivity contribution in [3.63, 3.8) is 0 Å². The Morgan fingerprint density at radius 3 is 1.37 bits per heavy atom. The van der Waals surface area contributed by atoms with Gasteiger partial charge in [0.1, 0.15) is 11.5 Å². The van der Waals surface area contributed by atoms with Crippen molar-refractivity contribution in [2.75, 3.05) is 0 Å². The van der Waals surface area contributed by atoms with E-state index in [1.54, 1.807) is 30.3 Å². The van der Waals surface area contributed by atoms with E-state index in [4.69, 9.17) is 56.2 Å². The summed E-state index contributed by atoms with van der Waals surface area (Å²) in [7, 11) is 0. The maximum absolute atomic E-state index is 9.47. The van der Waals surface area contributed by atoms with Crippen LogP contribution in [0.15, 0.2) is 109 Å². The molecule has 0 amide bonds. The third-order valence-electron chi connectivity index (χ3n) is 8.81. The molecule has 8 bridgehead atoms. The molecule has 0 unspecified atom stereocenters. The molecule has 0 atom stereocenters. The number of ether oxygens (including phenoxy) is 1. The second kappa shape index (κ2) is 12.2. The molecule has 5 aromatic carbocycles. The molecule has 8 aromatic rings. The van der Waals surface area contributed by atoms with Crippen LogP contribution in [0.2, 0.25) is 5.02 Å². The van der Waals surface area contributed by atoms with E-state index in [0.29, 0.717) is 73.5 Å². The van der Waals surface area contributed by atoms with E-state index >= 15 is 0 Å². The molecule has 238 valence electrons. The van der Waals surface area contributed by atoms with Crippen LogP contribution < -0.4 is 14.7 Å². The number of nitrogens with zero attached hydrogens (tertiary/aromatic N) is 8. The Bertz CT molecular complexity index is 2870. The number of rotatable bonds is 3. The van der Waals surface area contributed by atoms with Crippen LogP contribution >= 0.6 is 11.6 Å². The normalized spacial score (nSPS) is 11.6. The molecule has 0 fully saturated rings. The second-order valence-electron chi connectivity index (χ2n) is 11.9. The molecular weight excluding hydrogens is 713 g/mol. The van der Waals surface area contributed by atoms with Gasteiger partial charge in [-0.1, -0.05) is 96.5 Å². The molecule has 0 saturated heterocycles. The van der Waals surface area contributed by atoms with Crippen LogP contribution in [0.5, 0.6) is 11.5 Å². The molecule has 0 aliphatic carbocycles. The quantitative estimate of drug-likeness (QED) is 0.178. The maximum Gasteiger partial charge on any atom is 2.00 e. The summed E-state index contributed by atoms with van der Waals surface area (Å²) in [6.45, 7) is -0.0628. The van der Waals surface area contributed by atoms with Crippen LogP contribution in [0, 0.1) is 0 Å². The third kappa shape index (κ3) is 5.17. The van der Waals surface area contributed by atoms with Gasteiger partial charge < -0.3 is 39.7 Å². The minimum absolute atomic E-state index is 0. The number of hydrogen-bond donors (Lipinski definition) is 1. The summed E-state index contributed by atoms with van der Waals surface area (Å²) >= 11 is 6.85. The van der Waals surface area contributed by atoms with Crippen LogP contribution in [0.4, 0.5) is 0 Å². The smallest absolute Gasteiger partial charge is 0.456 e. The number of hydrogen-bond acceptors (Lipinski definition) is 8. The summed E-state index contributed by atoms with van der Waals surface area (Å²) in [5.41, 5.74) is 5.69. The Morgan fingerprint density at radius 2 is 0.922 bits per heavy atom. The molecule has 10 rings (SSSR count). The van der Waals surface area contributed by atoms with Crippen molar-refractivity contribution in [2.24, 2.45) is 0 Å². The van der Waals surface area contributed by atoms with Gasteiger partial charge in [0.25, 0.3) is 0 Å². The molecule has 0 radical (unpaired) electrons. The Kier molecular flexibility index (Phi) is 7.43. The van der Waals surface area contributed by atoms with Gasteiger partial charge in [0.05, 0.1) is 34.9 Å². The van der Waals surface area contributed by atoms with Gasteiger partial charge in [0, 0.05) is 44.8 Å². The average molecular weight is 734 g/mol. The van der Waals surface area contributed by atoms with Crippen molar-refractivity contribution in [3.05, 3.63) is 120 Å². The van der Waals surface area contributed by atoms with Crippen LogP contribution in [0.25, 0.3) is 89.7 Å². The van der Waals surface area contributed by atoms with E-state index in [9.17, 15) is 5.11 Å². The molecule has 0 spiro atoms. The zero-order valence-corrected chi connectivity index (χ0v) is 30.3. The molecule has 12 heteroatoms. The van der Waals surface area contributed by atoms with E-state index < -0.39 is 0 Å². The van der Waals surface area contributed by atoms with Crippen molar-refractivity contribution in [2.45, 2.75) is 6.61 Å². The van der Waals surface area contributed by atoms with E-state index in [1.165, 1.54) is 0 Å². The van der Waals surface area contributed by atoms with E-state index in [1.807, 2.05) is 78.9 Å². The predicted molar refractivity (Wildman–Crippen MR) is 191 cm³/mol. The first-order valence-corrected chi connectivity index (χ1v) is 16.2. The molecule has 0 saturated carbocycles. The van der Waals surface area contributed by atoms with Gasteiger partial charge in [0.2, 0.25) is 0 Å². The van der Waals surface area contributed by atoms with Gasteiger partial charge in [-0.05, 0) is 51.4 Å². The van der Waals surface area contributed by atoms with Crippen LogP contribution in [-0.2, 0) is 26.1 Å². The first-order valence-electron chi connectivity index (χ1n) is 15.8. The number of halogens is 1. The van der Waals surface area contributed by atoms with Crippen LogP contribution in [0.3, 0.4) is 0 Å². The zero-order chi connectivity index (χ0) is 33.3. The fraction of sp³-hybridized carbons (Fsp3) is 0.0256. The summed E-state index contributed by atoms with van der Waals surface area (Å²) in [6, 6.07) is 34.3. The summed E-state index contributed by atoms with van der Waals surface area (Å²) in [5.74, 6) is 2.76. The predicted octanol–water partition coefficient (Wildman–Crippen LogP) is 8.06. The molecule has 5 heterocycles. The largest absolute Gasteiger partial charge is 2.00 e. The van der Waals surface area contributed by atoms with Gasteiger partial charge >= 0.3 is 19.5 Å². The van der Waals surface area contributed by atoms with E-state index in [2.05, 4.69) is 0 Å². The number of benzene rings is 5. The summed E-state index contributed by atoms with van der Waals surface area (Å²) in [4.78, 5) is 39.6. The number of aliphatic hydroxyl groups is 1. The summed E-state index contributed by atoms with van der Waals surface area (Å²) < 4.78 is 6.21. The Labute approximate surface area is 307 Å². The molecule has 1 N–H and O–H groups in total. The number of fused-ring (bicyclic) bond motifs is 20. The minimum atomic E-state index is -0.0628. The second-order valence-corrected chi connectivity index (χ2v) is 12.3. The average Bonchev–Trinajstić information content (AvgIpc) is 3.88. The SMILES string of the molecule is OCc1ccc(Oc2cc3c(cc2Cl)-c2nc-3nc3[n-]c(nc4nc(nc5[n-]c(n2)c2ccccc52)-c2ccccc2-4)c2ccccc32)cc1.[Zn+2]. The number of aliphatic hydroxyl groups excluding tert-OH is 1. The monoisotopic (exact) mass is 732 g/mol. The van der Waals surface area contributed by atoms with Gasteiger partial charge in [0.15, 0.2) is 0 Å². The van der Waals surface area contributed by atoms with Gasteiger partial charge in [-0.2, -0.15) is 0 Å². The molecule has 2 aliphatic rings. The van der Waals surface area contributed by atoms with Crippen molar-refractivity contribution in [3.8, 4) is 57.1 Å². The van der Waals surface area contributed by atoms with Gasteiger partial charge in [-0.15, -0.1) is 0 Å². The van der Waals surface area contributed by atoms with Gasteiger partial charge in [-0.3, -0.25) is 0 Å². The standard InChI is InChI=1S/C39H21ClN8O2.Zn/c40-30-17-28-29(18-31(30)50-21-15-13-20(19-49)14-16-21)39-47-37-27-12-6-4-10-25(27)35(45-37)43-33-23-8-2-1-7-22(23)32(41-33)42-34-24-9-3-5-11-26(24)36(44-34)46-38(28)48-39;/h1-18,49H,19H2;/q-2;+2. The summed E-state index contributed by atoms with van der Waals surface area (Å²) in [5, 5.41) is 13.1.